The van der Waals surface area contributed by atoms with E-state index in [2.05, 4.69) is 9.97 Å². The van der Waals surface area contributed by atoms with Crippen LogP contribution in [0.2, 0.25) is 0 Å². The largest absolute Gasteiger partial charge is 0.480 e. The van der Waals surface area contributed by atoms with Crippen LogP contribution in [0, 0.1) is 0 Å². The molecule has 1 rings (SSSR count). The molecular weight excluding hydrogens is 234 g/mol. The second-order valence-electron chi connectivity index (χ2n) is 4.18. The Balaban J connectivity index is 2.86. The number of aliphatic carboxylic acids is 1. The van der Waals surface area contributed by atoms with E-state index in [0.29, 0.717) is 18.4 Å². The fraction of sp³-hybridized carbons (Fsp3) is 0.583. The van der Waals surface area contributed by atoms with Gasteiger partial charge >= 0.3 is 5.97 Å². The number of carboxylic acid groups (broad SMARTS) is 1. The van der Waals surface area contributed by atoms with Crippen molar-refractivity contribution in [1.29, 1.82) is 0 Å². The summed E-state index contributed by atoms with van der Waals surface area (Å²) in [6, 6.07) is 1.66. The molecule has 1 aromatic heterocycles. The molecule has 6 nitrogen and oxygen atoms in total. The standard InChI is InChI=1S/C12H19N3O3/c1-4-7-15(8-11(16)17)12-13-6-5-10(14-12)18-9(2)3/h5-6,9H,4,7-8H2,1-3H3,(H,16,17). The number of aromatic nitrogens is 2. The van der Waals surface area contributed by atoms with E-state index in [9.17, 15) is 4.79 Å². The third-order valence-electron chi connectivity index (χ3n) is 2.08. The molecule has 1 heterocycles. The Labute approximate surface area is 107 Å². The van der Waals surface area contributed by atoms with Crippen molar-refractivity contribution in [3.8, 4) is 5.88 Å². The highest BCUT2D eigenvalue weighted by Crippen LogP contribution is 2.14. The van der Waals surface area contributed by atoms with E-state index in [1.165, 1.54) is 0 Å². The molecule has 1 N–H and O–H groups in total. The van der Waals surface area contributed by atoms with E-state index in [1.807, 2.05) is 20.8 Å². The zero-order valence-electron chi connectivity index (χ0n) is 11.0. The average molecular weight is 253 g/mol. The molecule has 0 saturated heterocycles. The van der Waals surface area contributed by atoms with E-state index in [4.69, 9.17) is 9.84 Å². The lowest BCUT2D eigenvalue weighted by atomic mass is 10.4. The highest BCUT2D eigenvalue weighted by Gasteiger charge is 2.13. The average Bonchev–Trinajstić information content (AvgIpc) is 2.27. The molecule has 0 aliphatic heterocycles. The molecule has 6 heteroatoms. The van der Waals surface area contributed by atoms with Crippen LogP contribution in [-0.2, 0) is 4.79 Å². The van der Waals surface area contributed by atoms with Crippen LogP contribution < -0.4 is 9.64 Å². The van der Waals surface area contributed by atoms with Crippen LogP contribution in [0.4, 0.5) is 5.95 Å². The Morgan fingerprint density at radius 2 is 2.28 bits per heavy atom. The van der Waals surface area contributed by atoms with Crippen molar-refractivity contribution in [2.45, 2.75) is 33.3 Å². The number of anilines is 1. The molecule has 0 atom stereocenters. The van der Waals surface area contributed by atoms with Crippen molar-refractivity contribution in [3.05, 3.63) is 12.3 Å². The van der Waals surface area contributed by atoms with Crippen LogP contribution in [-0.4, -0.2) is 40.2 Å². The highest BCUT2D eigenvalue weighted by molar-refractivity contribution is 5.72. The summed E-state index contributed by atoms with van der Waals surface area (Å²) < 4.78 is 5.46. The Morgan fingerprint density at radius 3 is 2.83 bits per heavy atom. The minimum atomic E-state index is -0.901. The molecule has 0 aliphatic rings. The summed E-state index contributed by atoms with van der Waals surface area (Å²) in [4.78, 5) is 20.7. The maximum atomic E-state index is 10.8. The predicted octanol–water partition coefficient (Wildman–Crippen LogP) is 1.56. The molecule has 100 valence electrons. The molecule has 0 spiro atoms. The third-order valence-corrected chi connectivity index (χ3v) is 2.08. The molecule has 18 heavy (non-hydrogen) atoms. The van der Waals surface area contributed by atoms with Gasteiger partial charge in [-0.15, -0.1) is 0 Å². The molecule has 0 fully saturated rings. The van der Waals surface area contributed by atoms with Gasteiger partial charge in [0.15, 0.2) is 0 Å². The normalized spacial score (nSPS) is 10.4. The summed E-state index contributed by atoms with van der Waals surface area (Å²) in [6.45, 7) is 6.27. The second-order valence-corrected chi connectivity index (χ2v) is 4.18. The van der Waals surface area contributed by atoms with Crippen molar-refractivity contribution in [1.82, 2.24) is 9.97 Å². The molecule has 1 aromatic rings. The number of carboxylic acids is 1. The molecule has 0 bridgehead atoms. The first kappa shape index (κ1) is 14.2. The Hall–Kier alpha value is -1.85. The van der Waals surface area contributed by atoms with Crippen LogP contribution in [0.15, 0.2) is 12.3 Å². The third kappa shape index (κ3) is 4.57. The van der Waals surface area contributed by atoms with Gasteiger partial charge in [0.2, 0.25) is 11.8 Å². The maximum absolute atomic E-state index is 10.8. The van der Waals surface area contributed by atoms with Gasteiger partial charge in [-0.25, -0.2) is 4.98 Å². The summed E-state index contributed by atoms with van der Waals surface area (Å²) in [7, 11) is 0. The highest BCUT2D eigenvalue weighted by atomic mass is 16.5. The molecular formula is C12H19N3O3. The minimum Gasteiger partial charge on any atom is -0.480 e. The van der Waals surface area contributed by atoms with Gasteiger partial charge in [-0.1, -0.05) is 6.92 Å². The smallest absolute Gasteiger partial charge is 0.323 e. The predicted molar refractivity (Wildman–Crippen MR) is 67.9 cm³/mol. The monoisotopic (exact) mass is 253 g/mol. The molecule has 0 saturated carbocycles. The first-order chi connectivity index (χ1) is 8.52. The van der Waals surface area contributed by atoms with Crippen LogP contribution in [0.1, 0.15) is 27.2 Å². The van der Waals surface area contributed by atoms with E-state index < -0.39 is 5.97 Å². The summed E-state index contributed by atoms with van der Waals surface area (Å²) in [5.74, 6) is -0.0545. The number of nitrogens with zero attached hydrogens (tertiary/aromatic N) is 3. The fourth-order valence-electron chi connectivity index (χ4n) is 1.47. The fourth-order valence-corrected chi connectivity index (χ4v) is 1.47. The van der Waals surface area contributed by atoms with Gasteiger partial charge in [0, 0.05) is 18.8 Å². The van der Waals surface area contributed by atoms with E-state index >= 15 is 0 Å². The van der Waals surface area contributed by atoms with Crippen LogP contribution >= 0.6 is 0 Å². The number of rotatable bonds is 7. The van der Waals surface area contributed by atoms with Gasteiger partial charge in [0.25, 0.3) is 0 Å². The lowest BCUT2D eigenvalue weighted by Crippen LogP contribution is -2.32. The first-order valence-electron chi connectivity index (χ1n) is 5.99. The topological polar surface area (TPSA) is 75.6 Å². The minimum absolute atomic E-state index is 0.0202. The van der Waals surface area contributed by atoms with Crippen molar-refractivity contribution in [2.24, 2.45) is 0 Å². The van der Waals surface area contributed by atoms with E-state index in [-0.39, 0.29) is 12.6 Å². The number of carbonyl (C=O) groups is 1. The summed E-state index contributed by atoms with van der Waals surface area (Å²) in [5, 5.41) is 8.86. The van der Waals surface area contributed by atoms with Crippen molar-refractivity contribution in [3.63, 3.8) is 0 Å². The van der Waals surface area contributed by atoms with Gasteiger partial charge in [-0.2, -0.15) is 4.98 Å². The van der Waals surface area contributed by atoms with E-state index in [1.54, 1.807) is 17.2 Å². The molecule has 0 aromatic carbocycles. The SMILES string of the molecule is CCCN(CC(=O)O)c1nccc(OC(C)C)n1. The van der Waals surface area contributed by atoms with Gasteiger partial charge in [-0.3, -0.25) is 4.79 Å². The molecule has 0 aliphatic carbocycles. The Kier molecular flexibility index (Phi) is 5.35. The zero-order valence-corrected chi connectivity index (χ0v) is 11.0. The molecule has 0 amide bonds. The van der Waals surface area contributed by atoms with Gasteiger partial charge < -0.3 is 14.7 Å². The molecule has 0 unspecified atom stereocenters. The maximum Gasteiger partial charge on any atom is 0.323 e. The van der Waals surface area contributed by atoms with Crippen molar-refractivity contribution in [2.75, 3.05) is 18.0 Å². The first-order valence-corrected chi connectivity index (χ1v) is 5.99. The van der Waals surface area contributed by atoms with Crippen molar-refractivity contribution < 1.29 is 14.6 Å². The van der Waals surface area contributed by atoms with Crippen molar-refractivity contribution >= 4 is 11.9 Å². The van der Waals surface area contributed by atoms with Crippen LogP contribution in [0.5, 0.6) is 5.88 Å². The number of hydrogen-bond acceptors (Lipinski definition) is 5. The summed E-state index contributed by atoms with van der Waals surface area (Å²) in [6.07, 6.45) is 2.42. The summed E-state index contributed by atoms with van der Waals surface area (Å²) >= 11 is 0. The van der Waals surface area contributed by atoms with Crippen LogP contribution in [0.3, 0.4) is 0 Å². The van der Waals surface area contributed by atoms with Crippen LogP contribution in [0.25, 0.3) is 0 Å². The Morgan fingerprint density at radius 1 is 1.56 bits per heavy atom. The number of hydrogen-bond donors (Lipinski definition) is 1. The lowest BCUT2D eigenvalue weighted by Gasteiger charge is -2.20. The quantitative estimate of drug-likeness (QED) is 0.794. The van der Waals surface area contributed by atoms with Gasteiger partial charge in [0.1, 0.15) is 6.54 Å². The number of ether oxygens (including phenoxy) is 1. The van der Waals surface area contributed by atoms with Gasteiger partial charge in [-0.05, 0) is 20.3 Å². The lowest BCUT2D eigenvalue weighted by molar-refractivity contribution is -0.135. The van der Waals surface area contributed by atoms with E-state index in [0.717, 1.165) is 6.42 Å². The Bertz CT molecular complexity index is 396. The molecule has 0 radical (unpaired) electrons. The second kappa shape index (κ2) is 6.78. The summed E-state index contributed by atoms with van der Waals surface area (Å²) in [5.41, 5.74) is 0. The zero-order chi connectivity index (χ0) is 13.5. The van der Waals surface area contributed by atoms with Gasteiger partial charge in [0.05, 0.1) is 6.10 Å².